The number of para-hydroxylation sites is 1. The Kier molecular flexibility index (Phi) is 3.25. The molecule has 0 radical (unpaired) electrons. The molecule has 5 nitrogen and oxygen atoms in total. The average molecular weight is 270 g/mol. The number of carbonyl (C=O) groups is 1. The molecule has 2 heterocycles. The van der Waals surface area contributed by atoms with Crippen LogP contribution in [0.25, 0.3) is 0 Å². The number of aromatic nitrogens is 1. The standard InChI is InChI=1S/C15H14N2O3/c18-15(19)13-8-11(5-6-16-13)17-9-12-7-10-3-1-2-4-14(10)20-12/h1-6,8,12H,7,9H2,(H,16,17)(H,18,19). The zero-order chi connectivity index (χ0) is 13.9. The first-order chi connectivity index (χ1) is 9.72. The Labute approximate surface area is 116 Å². The molecule has 102 valence electrons. The molecule has 3 rings (SSSR count). The number of nitrogens with one attached hydrogen (secondary N) is 1. The van der Waals surface area contributed by atoms with Crippen LogP contribution in [-0.2, 0) is 6.42 Å². The van der Waals surface area contributed by atoms with Crippen LogP contribution < -0.4 is 10.1 Å². The Balaban J connectivity index is 1.61. The number of rotatable bonds is 4. The average Bonchev–Trinajstić information content (AvgIpc) is 2.88. The van der Waals surface area contributed by atoms with Gasteiger partial charge in [0.2, 0.25) is 0 Å². The van der Waals surface area contributed by atoms with Gasteiger partial charge < -0.3 is 15.2 Å². The third kappa shape index (κ3) is 2.56. The summed E-state index contributed by atoms with van der Waals surface area (Å²) in [5.41, 5.74) is 1.97. The maximum absolute atomic E-state index is 10.8. The van der Waals surface area contributed by atoms with E-state index in [4.69, 9.17) is 9.84 Å². The molecule has 1 aliphatic rings. The smallest absolute Gasteiger partial charge is 0.354 e. The van der Waals surface area contributed by atoms with Crippen LogP contribution in [0, 0.1) is 0 Å². The Morgan fingerprint density at radius 3 is 3.05 bits per heavy atom. The van der Waals surface area contributed by atoms with Gasteiger partial charge in [-0.2, -0.15) is 0 Å². The molecule has 5 heteroatoms. The number of hydrogen-bond acceptors (Lipinski definition) is 4. The van der Waals surface area contributed by atoms with Crippen LogP contribution in [-0.4, -0.2) is 28.7 Å². The van der Waals surface area contributed by atoms with Gasteiger partial charge in [0.1, 0.15) is 17.5 Å². The van der Waals surface area contributed by atoms with Crippen molar-refractivity contribution >= 4 is 11.7 Å². The molecule has 0 saturated heterocycles. The number of ether oxygens (including phenoxy) is 1. The zero-order valence-corrected chi connectivity index (χ0v) is 10.7. The molecule has 20 heavy (non-hydrogen) atoms. The van der Waals surface area contributed by atoms with Gasteiger partial charge in [0.05, 0.1) is 6.54 Å². The van der Waals surface area contributed by atoms with Gasteiger partial charge in [-0.25, -0.2) is 9.78 Å². The van der Waals surface area contributed by atoms with E-state index in [-0.39, 0.29) is 11.8 Å². The summed E-state index contributed by atoms with van der Waals surface area (Å²) < 4.78 is 5.81. The number of benzene rings is 1. The van der Waals surface area contributed by atoms with Crippen LogP contribution in [0.1, 0.15) is 16.1 Å². The van der Waals surface area contributed by atoms with Crippen LogP contribution in [0.5, 0.6) is 5.75 Å². The van der Waals surface area contributed by atoms with Crippen molar-refractivity contribution in [2.24, 2.45) is 0 Å². The predicted octanol–water partition coefficient (Wildman–Crippen LogP) is 2.20. The second kappa shape index (κ2) is 5.21. The molecule has 1 atom stereocenters. The van der Waals surface area contributed by atoms with Crippen LogP contribution in [0.15, 0.2) is 42.6 Å². The second-order valence-corrected chi connectivity index (χ2v) is 4.67. The summed E-state index contributed by atoms with van der Waals surface area (Å²) in [6.07, 6.45) is 2.41. The van der Waals surface area contributed by atoms with Gasteiger partial charge in [0.25, 0.3) is 0 Å². The lowest BCUT2D eigenvalue weighted by molar-refractivity contribution is 0.0690. The van der Waals surface area contributed by atoms with E-state index in [2.05, 4.69) is 16.4 Å². The minimum atomic E-state index is -1.03. The van der Waals surface area contributed by atoms with Gasteiger partial charge >= 0.3 is 5.97 Å². The topological polar surface area (TPSA) is 71.5 Å². The summed E-state index contributed by atoms with van der Waals surface area (Å²) in [6, 6.07) is 11.2. The molecule has 0 saturated carbocycles. The number of carboxylic acids is 1. The minimum Gasteiger partial charge on any atom is -0.488 e. The van der Waals surface area contributed by atoms with Crippen molar-refractivity contribution in [3.8, 4) is 5.75 Å². The number of anilines is 1. The summed E-state index contributed by atoms with van der Waals surface area (Å²) in [6.45, 7) is 0.623. The van der Waals surface area contributed by atoms with Gasteiger partial charge in [-0.05, 0) is 23.8 Å². The summed E-state index contributed by atoms with van der Waals surface area (Å²) in [5, 5.41) is 12.1. The van der Waals surface area contributed by atoms with Crippen LogP contribution in [0.4, 0.5) is 5.69 Å². The molecule has 2 N–H and O–H groups in total. The van der Waals surface area contributed by atoms with Crippen LogP contribution in [0.3, 0.4) is 0 Å². The highest BCUT2D eigenvalue weighted by Gasteiger charge is 2.21. The Morgan fingerprint density at radius 1 is 1.40 bits per heavy atom. The van der Waals surface area contributed by atoms with Crippen LogP contribution >= 0.6 is 0 Å². The number of pyridine rings is 1. The fourth-order valence-corrected chi connectivity index (χ4v) is 2.26. The van der Waals surface area contributed by atoms with Crippen molar-refractivity contribution in [1.82, 2.24) is 4.98 Å². The molecule has 1 aliphatic heterocycles. The molecule has 0 aliphatic carbocycles. The molecule has 2 aromatic rings. The maximum atomic E-state index is 10.8. The lowest BCUT2D eigenvalue weighted by Crippen LogP contribution is -2.24. The second-order valence-electron chi connectivity index (χ2n) is 4.67. The molecule has 1 unspecified atom stereocenters. The first-order valence-electron chi connectivity index (χ1n) is 6.40. The molecule has 0 fully saturated rings. The largest absolute Gasteiger partial charge is 0.488 e. The number of nitrogens with zero attached hydrogens (tertiary/aromatic N) is 1. The van der Waals surface area contributed by atoms with E-state index >= 15 is 0 Å². The van der Waals surface area contributed by atoms with Crippen molar-refractivity contribution in [1.29, 1.82) is 0 Å². The quantitative estimate of drug-likeness (QED) is 0.891. The SMILES string of the molecule is O=C(O)c1cc(NCC2Cc3ccccc3O2)ccn1. The lowest BCUT2D eigenvalue weighted by atomic mass is 10.1. The molecule has 0 amide bonds. The van der Waals surface area contributed by atoms with Gasteiger partial charge in [-0.3, -0.25) is 0 Å². The summed E-state index contributed by atoms with van der Waals surface area (Å²) in [7, 11) is 0. The van der Waals surface area contributed by atoms with E-state index in [0.29, 0.717) is 6.54 Å². The number of fused-ring (bicyclic) bond motifs is 1. The summed E-state index contributed by atoms with van der Waals surface area (Å²) in [5.74, 6) is -0.0987. The minimum absolute atomic E-state index is 0.0330. The van der Waals surface area contributed by atoms with E-state index in [1.54, 1.807) is 6.07 Å². The number of hydrogen-bond donors (Lipinski definition) is 2. The Hall–Kier alpha value is -2.56. The van der Waals surface area contributed by atoms with E-state index in [1.807, 2.05) is 18.2 Å². The van der Waals surface area contributed by atoms with Gasteiger partial charge in [0.15, 0.2) is 0 Å². The summed E-state index contributed by atoms with van der Waals surface area (Å²) >= 11 is 0. The maximum Gasteiger partial charge on any atom is 0.354 e. The van der Waals surface area contributed by atoms with Crippen molar-refractivity contribution in [3.05, 3.63) is 53.9 Å². The van der Waals surface area contributed by atoms with E-state index in [1.165, 1.54) is 17.8 Å². The predicted molar refractivity (Wildman–Crippen MR) is 74.2 cm³/mol. The van der Waals surface area contributed by atoms with Crippen molar-refractivity contribution in [2.75, 3.05) is 11.9 Å². The van der Waals surface area contributed by atoms with E-state index in [9.17, 15) is 4.79 Å². The highest BCUT2D eigenvalue weighted by molar-refractivity contribution is 5.86. The molecule has 0 bridgehead atoms. The van der Waals surface area contributed by atoms with E-state index < -0.39 is 5.97 Å². The monoisotopic (exact) mass is 270 g/mol. The Morgan fingerprint density at radius 2 is 2.25 bits per heavy atom. The molecular weight excluding hydrogens is 256 g/mol. The third-order valence-electron chi connectivity index (χ3n) is 3.23. The van der Waals surface area contributed by atoms with E-state index in [0.717, 1.165) is 17.9 Å². The number of aromatic carboxylic acids is 1. The fourth-order valence-electron chi connectivity index (χ4n) is 2.26. The van der Waals surface area contributed by atoms with Gasteiger partial charge in [-0.1, -0.05) is 18.2 Å². The van der Waals surface area contributed by atoms with Crippen molar-refractivity contribution in [3.63, 3.8) is 0 Å². The third-order valence-corrected chi connectivity index (χ3v) is 3.23. The highest BCUT2D eigenvalue weighted by Crippen LogP contribution is 2.28. The first kappa shape index (κ1) is 12.5. The summed E-state index contributed by atoms with van der Waals surface area (Å²) in [4.78, 5) is 14.6. The molecule has 1 aromatic heterocycles. The van der Waals surface area contributed by atoms with Crippen molar-refractivity contribution < 1.29 is 14.6 Å². The highest BCUT2D eigenvalue weighted by atomic mass is 16.5. The molecule has 1 aromatic carbocycles. The zero-order valence-electron chi connectivity index (χ0n) is 10.7. The fraction of sp³-hybridized carbons (Fsp3) is 0.200. The molecular formula is C15H14N2O3. The van der Waals surface area contributed by atoms with Crippen LogP contribution in [0.2, 0.25) is 0 Å². The molecule has 0 spiro atoms. The van der Waals surface area contributed by atoms with Gasteiger partial charge in [-0.15, -0.1) is 0 Å². The lowest BCUT2D eigenvalue weighted by Gasteiger charge is -2.13. The Bertz CT molecular complexity index is 618. The number of carboxylic acid groups (broad SMARTS) is 1. The van der Waals surface area contributed by atoms with Crippen molar-refractivity contribution in [2.45, 2.75) is 12.5 Å². The normalized spacial score (nSPS) is 16.3. The first-order valence-corrected chi connectivity index (χ1v) is 6.40. The van der Waals surface area contributed by atoms with Gasteiger partial charge in [0, 0.05) is 18.3 Å².